The average molecular weight is 305 g/mol. The van der Waals surface area contributed by atoms with Crippen molar-refractivity contribution in [1.29, 1.82) is 0 Å². The van der Waals surface area contributed by atoms with Crippen LogP contribution in [0.5, 0.6) is 0 Å². The molecule has 0 aliphatic carbocycles. The van der Waals surface area contributed by atoms with Gasteiger partial charge in [-0.3, -0.25) is 4.55 Å². The van der Waals surface area contributed by atoms with Crippen LogP contribution in [-0.2, 0) is 10.1 Å². The van der Waals surface area contributed by atoms with Crippen molar-refractivity contribution in [2.45, 2.75) is 25.7 Å². The SMILES string of the molecule is CCN(c1cccc(C)c1)c1ccc(S(=O)(=O)O)cc1C. The highest BCUT2D eigenvalue weighted by Gasteiger charge is 2.14. The first-order valence-electron chi connectivity index (χ1n) is 6.75. The molecular weight excluding hydrogens is 286 g/mol. The van der Waals surface area contributed by atoms with E-state index in [0.29, 0.717) is 0 Å². The summed E-state index contributed by atoms with van der Waals surface area (Å²) < 4.78 is 31.5. The minimum atomic E-state index is -4.16. The third kappa shape index (κ3) is 3.43. The standard InChI is InChI=1S/C16H19NO3S/c1-4-17(14-7-5-6-12(2)10-14)16-9-8-15(11-13(16)3)21(18,19)20/h5-11H,4H2,1-3H3,(H,18,19,20). The number of nitrogens with zero attached hydrogens (tertiary/aromatic N) is 1. The summed E-state index contributed by atoms with van der Waals surface area (Å²) in [6.07, 6.45) is 0. The molecule has 0 unspecified atom stereocenters. The molecule has 4 nitrogen and oxygen atoms in total. The van der Waals surface area contributed by atoms with Crippen molar-refractivity contribution in [3.8, 4) is 0 Å². The van der Waals surface area contributed by atoms with Crippen LogP contribution >= 0.6 is 0 Å². The number of benzene rings is 2. The van der Waals surface area contributed by atoms with Crippen LogP contribution in [0.25, 0.3) is 0 Å². The van der Waals surface area contributed by atoms with Crippen LogP contribution in [0.3, 0.4) is 0 Å². The summed E-state index contributed by atoms with van der Waals surface area (Å²) in [4.78, 5) is 2.03. The quantitative estimate of drug-likeness (QED) is 0.875. The van der Waals surface area contributed by atoms with E-state index in [-0.39, 0.29) is 4.90 Å². The molecule has 2 rings (SSSR count). The average Bonchev–Trinajstić information content (AvgIpc) is 2.40. The van der Waals surface area contributed by atoms with Crippen LogP contribution in [-0.4, -0.2) is 19.5 Å². The highest BCUT2D eigenvalue weighted by atomic mass is 32.2. The van der Waals surface area contributed by atoms with Gasteiger partial charge in [-0.15, -0.1) is 0 Å². The molecule has 0 saturated heterocycles. The van der Waals surface area contributed by atoms with Crippen LogP contribution < -0.4 is 4.90 Å². The van der Waals surface area contributed by atoms with E-state index in [1.165, 1.54) is 12.1 Å². The Kier molecular flexibility index (Phi) is 4.34. The molecule has 0 spiro atoms. The molecule has 0 amide bonds. The summed E-state index contributed by atoms with van der Waals surface area (Å²) in [5.74, 6) is 0. The van der Waals surface area contributed by atoms with Gasteiger partial charge in [-0.25, -0.2) is 0 Å². The fourth-order valence-corrected chi connectivity index (χ4v) is 2.94. The van der Waals surface area contributed by atoms with E-state index >= 15 is 0 Å². The van der Waals surface area contributed by atoms with Crippen molar-refractivity contribution in [2.24, 2.45) is 0 Å². The van der Waals surface area contributed by atoms with Crippen LogP contribution in [0.2, 0.25) is 0 Å². The zero-order valence-electron chi connectivity index (χ0n) is 12.4. The van der Waals surface area contributed by atoms with Gasteiger partial charge in [0.25, 0.3) is 10.1 Å². The molecule has 0 bridgehead atoms. The Bertz CT molecular complexity index is 754. The molecule has 0 aromatic heterocycles. The van der Waals surface area contributed by atoms with Crippen molar-refractivity contribution in [1.82, 2.24) is 0 Å². The zero-order valence-corrected chi connectivity index (χ0v) is 13.2. The molecular formula is C16H19NO3S. The van der Waals surface area contributed by atoms with Gasteiger partial charge in [0, 0.05) is 17.9 Å². The Morgan fingerprint density at radius 1 is 1.10 bits per heavy atom. The molecule has 0 aliphatic heterocycles. The first-order valence-corrected chi connectivity index (χ1v) is 8.19. The smallest absolute Gasteiger partial charge is 0.294 e. The first-order chi connectivity index (χ1) is 9.82. The molecule has 2 aromatic rings. The predicted molar refractivity (Wildman–Crippen MR) is 84.9 cm³/mol. The van der Waals surface area contributed by atoms with Crippen LogP contribution in [0, 0.1) is 13.8 Å². The number of rotatable bonds is 4. The second kappa shape index (κ2) is 5.87. The lowest BCUT2D eigenvalue weighted by atomic mass is 10.1. The molecule has 0 radical (unpaired) electrons. The third-order valence-electron chi connectivity index (χ3n) is 3.39. The van der Waals surface area contributed by atoms with Crippen molar-refractivity contribution >= 4 is 21.5 Å². The first kappa shape index (κ1) is 15.5. The molecule has 2 aromatic carbocycles. The maximum Gasteiger partial charge on any atom is 0.294 e. The number of aryl methyl sites for hydroxylation is 2. The van der Waals surface area contributed by atoms with Gasteiger partial charge in [0.2, 0.25) is 0 Å². The maximum absolute atomic E-state index is 11.2. The Labute approximate surface area is 125 Å². The van der Waals surface area contributed by atoms with Gasteiger partial charge in [0.1, 0.15) is 0 Å². The number of anilines is 2. The molecule has 112 valence electrons. The Balaban J connectivity index is 2.49. The summed E-state index contributed by atoms with van der Waals surface area (Å²) in [5, 5.41) is 0. The van der Waals surface area contributed by atoms with Crippen molar-refractivity contribution in [2.75, 3.05) is 11.4 Å². The minimum absolute atomic E-state index is 0.0796. The highest BCUT2D eigenvalue weighted by molar-refractivity contribution is 7.85. The van der Waals surface area contributed by atoms with E-state index in [0.717, 1.165) is 29.0 Å². The molecule has 0 saturated carbocycles. The lowest BCUT2D eigenvalue weighted by molar-refractivity contribution is 0.483. The van der Waals surface area contributed by atoms with Gasteiger partial charge in [0.05, 0.1) is 4.90 Å². The van der Waals surface area contributed by atoms with E-state index in [2.05, 4.69) is 11.0 Å². The fourth-order valence-electron chi connectivity index (χ4n) is 2.38. The van der Waals surface area contributed by atoms with Crippen LogP contribution in [0.15, 0.2) is 47.4 Å². The number of hydrogen-bond acceptors (Lipinski definition) is 3. The largest absolute Gasteiger partial charge is 0.342 e. The molecule has 1 N–H and O–H groups in total. The summed E-state index contributed by atoms with van der Waals surface area (Å²) in [5.41, 5.74) is 3.95. The molecule has 0 atom stereocenters. The van der Waals surface area contributed by atoms with E-state index in [4.69, 9.17) is 4.55 Å². The maximum atomic E-state index is 11.2. The predicted octanol–water partition coefficient (Wildman–Crippen LogP) is 3.71. The monoisotopic (exact) mass is 305 g/mol. The molecule has 0 aliphatic rings. The lowest BCUT2D eigenvalue weighted by Gasteiger charge is -2.25. The van der Waals surface area contributed by atoms with Crippen LogP contribution in [0.4, 0.5) is 11.4 Å². The van der Waals surface area contributed by atoms with Gasteiger partial charge in [0.15, 0.2) is 0 Å². The van der Waals surface area contributed by atoms with Crippen LogP contribution in [0.1, 0.15) is 18.1 Å². The van der Waals surface area contributed by atoms with Gasteiger partial charge in [-0.2, -0.15) is 8.42 Å². The zero-order chi connectivity index (χ0) is 15.6. The topological polar surface area (TPSA) is 57.6 Å². The summed E-state index contributed by atoms with van der Waals surface area (Å²) in [7, 11) is -4.16. The molecule has 0 heterocycles. The van der Waals surface area contributed by atoms with Gasteiger partial charge < -0.3 is 4.90 Å². The van der Waals surface area contributed by atoms with Gasteiger partial charge in [-0.05, 0) is 62.2 Å². The van der Waals surface area contributed by atoms with Gasteiger partial charge in [-0.1, -0.05) is 12.1 Å². The molecule has 5 heteroatoms. The lowest BCUT2D eigenvalue weighted by Crippen LogP contribution is -2.17. The van der Waals surface area contributed by atoms with Gasteiger partial charge >= 0.3 is 0 Å². The summed E-state index contributed by atoms with van der Waals surface area (Å²) in [6, 6.07) is 12.8. The Hall–Kier alpha value is -1.85. The fraction of sp³-hybridized carbons (Fsp3) is 0.250. The molecule has 0 fully saturated rings. The minimum Gasteiger partial charge on any atom is -0.342 e. The van der Waals surface area contributed by atoms with E-state index in [1.807, 2.05) is 39.0 Å². The second-order valence-corrected chi connectivity index (χ2v) is 6.43. The highest BCUT2D eigenvalue weighted by Crippen LogP contribution is 2.30. The van der Waals surface area contributed by atoms with E-state index in [9.17, 15) is 8.42 Å². The van der Waals surface area contributed by atoms with E-state index in [1.54, 1.807) is 6.07 Å². The Morgan fingerprint density at radius 2 is 1.81 bits per heavy atom. The van der Waals surface area contributed by atoms with Crippen molar-refractivity contribution in [3.05, 3.63) is 53.6 Å². The third-order valence-corrected chi connectivity index (χ3v) is 4.24. The number of hydrogen-bond donors (Lipinski definition) is 1. The normalized spacial score (nSPS) is 11.4. The van der Waals surface area contributed by atoms with Crippen molar-refractivity contribution in [3.63, 3.8) is 0 Å². The Morgan fingerprint density at radius 3 is 2.33 bits per heavy atom. The summed E-state index contributed by atoms with van der Waals surface area (Å²) >= 11 is 0. The second-order valence-electron chi connectivity index (χ2n) is 5.01. The molecule has 21 heavy (non-hydrogen) atoms. The summed E-state index contributed by atoms with van der Waals surface area (Å²) in [6.45, 7) is 6.67. The van der Waals surface area contributed by atoms with Crippen molar-refractivity contribution < 1.29 is 13.0 Å². The van der Waals surface area contributed by atoms with E-state index < -0.39 is 10.1 Å².